The van der Waals surface area contributed by atoms with Crippen LogP contribution in [0.1, 0.15) is 55.0 Å². The van der Waals surface area contributed by atoms with Crippen molar-refractivity contribution in [3.63, 3.8) is 0 Å². The van der Waals surface area contributed by atoms with Gasteiger partial charge in [-0.15, -0.1) is 0 Å². The van der Waals surface area contributed by atoms with E-state index in [9.17, 15) is 14.4 Å². The fraction of sp³-hybridized carbons (Fsp3) is 0.355. The Morgan fingerprint density at radius 3 is 2.74 bits per heavy atom. The lowest BCUT2D eigenvalue weighted by Crippen LogP contribution is -2.50. The van der Waals surface area contributed by atoms with Crippen molar-refractivity contribution in [3.8, 4) is 5.75 Å². The largest absolute Gasteiger partial charge is 0.497 e. The van der Waals surface area contributed by atoms with Crippen molar-refractivity contribution in [2.24, 2.45) is 5.41 Å². The van der Waals surface area contributed by atoms with Gasteiger partial charge in [-0.2, -0.15) is 0 Å². The summed E-state index contributed by atoms with van der Waals surface area (Å²) in [6.45, 7) is 3.82. The highest BCUT2D eigenvalue weighted by atomic mass is 16.5. The molecular formula is C31H32N4O4. The Bertz CT molecular complexity index is 1500. The summed E-state index contributed by atoms with van der Waals surface area (Å²) < 4.78 is 5.39. The average molecular weight is 525 g/mol. The summed E-state index contributed by atoms with van der Waals surface area (Å²) in [5.74, 6) is 1.03. The summed E-state index contributed by atoms with van der Waals surface area (Å²) in [5.41, 5.74) is 3.46. The molecule has 8 heteroatoms. The van der Waals surface area contributed by atoms with Gasteiger partial charge in [-0.05, 0) is 72.7 Å². The van der Waals surface area contributed by atoms with E-state index in [1.807, 2.05) is 68.4 Å². The number of pyridine rings is 1. The Morgan fingerprint density at radius 2 is 1.92 bits per heavy atom. The Balaban J connectivity index is 1.21. The molecule has 8 nitrogen and oxygen atoms in total. The van der Waals surface area contributed by atoms with E-state index in [0.717, 1.165) is 40.8 Å². The second-order valence-electron chi connectivity index (χ2n) is 11.5. The van der Waals surface area contributed by atoms with Gasteiger partial charge in [0.25, 0.3) is 0 Å². The van der Waals surface area contributed by atoms with Crippen LogP contribution in [0.4, 0.5) is 11.5 Å². The number of aromatic nitrogens is 1. The molecular weight excluding hydrogens is 492 g/mol. The van der Waals surface area contributed by atoms with Crippen LogP contribution >= 0.6 is 0 Å². The third-order valence-corrected chi connectivity index (χ3v) is 8.52. The molecule has 0 bridgehead atoms. The van der Waals surface area contributed by atoms with Gasteiger partial charge in [0.05, 0.1) is 18.6 Å². The predicted molar refractivity (Wildman–Crippen MR) is 147 cm³/mol. The van der Waals surface area contributed by atoms with Crippen LogP contribution in [0.3, 0.4) is 0 Å². The molecule has 3 aromatic rings. The normalized spacial score (nSPS) is 22.8. The summed E-state index contributed by atoms with van der Waals surface area (Å²) in [6.07, 6.45) is 4.33. The van der Waals surface area contributed by atoms with Crippen molar-refractivity contribution in [1.82, 2.24) is 9.88 Å². The van der Waals surface area contributed by atoms with Crippen LogP contribution in [0, 0.1) is 5.41 Å². The number of nitrogens with zero attached hydrogens (tertiary/aromatic N) is 2. The number of carbonyl (C=O) groups is 3. The van der Waals surface area contributed by atoms with E-state index in [1.165, 1.54) is 0 Å². The van der Waals surface area contributed by atoms with E-state index in [0.29, 0.717) is 24.3 Å². The van der Waals surface area contributed by atoms with Crippen LogP contribution in [0.2, 0.25) is 0 Å². The molecule has 0 saturated carbocycles. The average Bonchev–Trinajstić information content (AvgIpc) is 3.44. The summed E-state index contributed by atoms with van der Waals surface area (Å²) in [5, 5.41) is 5.93. The Hall–Kier alpha value is -4.20. The third-order valence-electron chi connectivity index (χ3n) is 8.52. The smallest absolute Gasteiger partial charge is 0.244 e. The number of nitrogens with one attached hydrogen (secondary N) is 2. The van der Waals surface area contributed by atoms with Gasteiger partial charge in [0.2, 0.25) is 17.7 Å². The molecule has 3 heterocycles. The maximum Gasteiger partial charge on any atom is 0.244 e. The van der Waals surface area contributed by atoms with E-state index >= 15 is 0 Å². The minimum Gasteiger partial charge on any atom is -0.497 e. The molecule has 3 aliphatic rings. The van der Waals surface area contributed by atoms with Gasteiger partial charge in [0, 0.05) is 22.9 Å². The number of rotatable bonds is 5. The molecule has 2 aromatic carbocycles. The number of carbonyl (C=O) groups excluding carboxylic acids is 3. The first kappa shape index (κ1) is 25.1. The van der Waals surface area contributed by atoms with Gasteiger partial charge in [-0.25, -0.2) is 4.98 Å². The first-order chi connectivity index (χ1) is 18.7. The fourth-order valence-electron chi connectivity index (χ4n) is 6.37. The van der Waals surface area contributed by atoms with Crippen molar-refractivity contribution in [2.75, 3.05) is 24.3 Å². The number of fused-ring (bicyclic) bond motifs is 3. The van der Waals surface area contributed by atoms with Gasteiger partial charge in [0.1, 0.15) is 18.1 Å². The highest BCUT2D eigenvalue weighted by Gasteiger charge is 2.51. The molecule has 1 aromatic heterocycles. The van der Waals surface area contributed by atoms with Gasteiger partial charge >= 0.3 is 0 Å². The standard InChI is InChI=1S/C31H32N4O4/c1-30(2)12-11-25(19-6-4-7-23(15-19)39-3)35(29(30)38)18-26(36)33-22-10-9-20-16-31(17-21(20)14-22)24-8-5-13-32-27(24)34-28(31)37/h4-10,13-15,25H,11-12,16-18H2,1-3H3,(H,33,36)(H,32,34,37)/t25-,31?/m0/s1. The van der Waals surface area contributed by atoms with Crippen LogP contribution in [0.15, 0.2) is 60.8 Å². The molecule has 2 N–H and O–H groups in total. The number of likely N-dealkylation sites (tertiary alicyclic amines) is 1. The highest BCUT2D eigenvalue weighted by Crippen LogP contribution is 2.47. The predicted octanol–water partition coefficient (Wildman–Crippen LogP) is 4.41. The topological polar surface area (TPSA) is 101 Å². The highest BCUT2D eigenvalue weighted by molar-refractivity contribution is 6.06. The zero-order valence-corrected chi connectivity index (χ0v) is 22.4. The molecule has 1 spiro atoms. The second-order valence-corrected chi connectivity index (χ2v) is 11.5. The Morgan fingerprint density at radius 1 is 1.10 bits per heavy atom. The van der Waals surface area contributed by atoms with Crippen molar-refractivity contribution in [2.45, 2.75) is 51.0 Å². The maximum atomic E-state index is 13.5. The molecule has 200 valence electrons. The van der Waals surface area contributed by atoms with Crippen molar-refractivity contribution < 1.29 is 19.1 Å². The minimum absolute atomic E-state index is 0.0344. The number of piperidine rings is 1. The molecule has 6 rings (SSSR count). The van der Waals surface area contributed by atoms with Crippen molar-refractivity contribution in [1.29, 1.82) is 0 Å². The molecule has 1 fully saturated rings. The number of ether oxygens (including phenoxy) is 1. The Labute approximate surface area is 227 Å². The van der Waals surface area contributed by atoms with E-state index in [2.05, 4.69) is 15.6 Å². The minimum atomic E-state index is -0.662. The van der Waals surface area contributed by atoms with Crippen molar-refractivity contribution >= 4 is 29.2 Å². The molecule has 0 radical (unpaired) electrons. The fourth-order valence-corrected chi connectivity index (χ4v) is 6.37. The van der Waals surface area contributed by atoms with Crippen LogP contribution < -0.4 is 15.4 Å². The monoisotopic (exact) mass is 524 g/mol. The van der Waals surface area contributed by atoms with Gasteiger partial charge in [0.15, 0.2) is 0 Å². The molecule has 2 aliphatic heterocycles. The first-order valence-electron chi connectivity index (χ1n) is 13.3. The van der Waals surface area contributed by atoms with E-state index in [4.69, 9.17) is 4.74 Å². The number of benzene rings is 2. The van der Waals surface area contributed by atoms with Gasteiger partial charge in [-0.1, -0.05) is 38.1 Å². The quantitative estimate of drug-likeness (QED) is 0.515. The molecule has 3 amide bonds. The number of amides is 3. The second kappa shape index (κ2) is 9.22. The summed E-state index contributed by atoms with van der Waals surface area (Å²) >= 11 is 0. The zero-order valence-electron chi connectivity index (χ0n) is 22.4. The molecule has 1 unspecified atom stereocenters. The van der Waals surface area contributed by atoms with Gasteiger partial charge < -0.3 is 20.3 Å². The molecule has 2 atom stereocenters. The lowest BCUT2D eigenvalue weighted by molar-refractivity contribution is -0.150. The van der Waals surface area contributed by atoms with Gasteiger partial charge in [-0.3, -0.25) is 14.4 Å². The van der Waals surface area contributed by atoms with Crippen LogP contribution in [0.5, 0.6) is 5.75 Å². The third kappa shape index (κ3) is 4.24. The van der Waals surface area contributed by atoms with E-state index < -0.39 is 10.8 Å². The zero-order chi connectivity index (χ0) is 27.4. The number of hydrogen-bond acceptors (Lipinski definition) is 5. The first-order valence-corrected chi connectivity index (χ1v) is 13.3. The van der Waals surface area contributed by atoms with Crippen LogP contribution in [0.25, 0.3) is 0 Å². The Kier molecular flexibility index (Phi) is 5.93. The summed E-state index contributed by atoms with van der Waals surface area (Å²) in [4.78, 5) is 45.8. The summed E-state index contributed by atoms with van der Waals surface area (Å²) in [6, 6.07) is 17.1. The molecule has 39 heavy (non-hydrogen) atoms. The van der Waals surface area contributed by atoms with Crippen molar-refractivity contribution in [3.05, 3.63) is 83.0 Å². The maximum absolute atomic E-state index is 13.5. The lowest BCUT2D eigenvalue weighted by Gasteiger charge is -2.43. The number of anilines is 2. The van der Waals surface area contributed by atoms with Crippen LogP contribution in [-0.4, -0.2) is 41.3 Å². The SMILES string of the molecule is COc1cccc([C@@H]2CCC(C)(C)C(=O)N2CC(=O)Nc2ccc3c(c2)CC2(C3)C(=O)Nc3ncccc32)c1. The molecule has 1 saturated heterocycles. The molecule has 1 aliphatic carbocycles. The number of hydrogen-bond donors (Lipinski definition) is 2. The van der Waals surface area contributed by atoms with E-state index in [1.54, 1.807) is 18.2 Å². The summed E-state index contributed by atoms with van der Waals surface area (Å²) in [7, 11) is 1.62. The number of methoxy groups -OCH3 is 1. The van der Waals surface area contributed by atoms with Crippen LogP contribution in [-0.2, 0) is 32.6 Å². The van der Waals surface area contributed by atoms with E-state index in [-0.39, 0.29) is 30.3 Å². The lowest BCUT2D eigenvalue weighted by atomic mass is 9.78.